The molecule has 9 nitrogen and oxygen atoms in total. The minimum absolute atomic E-state index is 0.0958. The fraction of sp³-hybridized carbons (Fsp3) is 0.970. The lowest BCUT2D eigenvalue weighted by Crippen LogP contribution is -2.67. The van der Waals surface area contributed by atoms with Crippen LogP contribution in [0.4, 0.5) is 0 Å². The van der Waals surface area contributed by atoms with Crippen molar-refractivity contribution >= 4 is 5.78 Å². The third-order valence-corrected chi connectivity index (χ3v) is 14.0. The molecule has 0 bridgehead atoms. The fourth-order valence-electron chi connectivity index (χ4n) is 11.8. The maximum Gasteiger partial charge on any atom is 0.186 e. The Morgan fingerprint density at radius 2 is 1.69 bits per heavy atom. The third kappa shape index (κ3) is 4.50. The molecule has 238 valence electrons. The van der Waals surface area contributed by atoms with E-state index in [9.17, 15) is 30.3 Å². The molecule has 5 N–H and O–H groups in total. The predicted octanol–water partition coefficient (Wildman–Crippen LogP) is 1.71. The summed E-state index contributed by atoms with van der Waals surface area (Å²) in [4.78, 5) is 16.5. The van der Waals surface area contributed by atoms with Gasteiger partial charge in [-0.2, -0.15) is 0 Å². The van der Waals surface area contributed by atoms with Crippen LogP contribution < -0.4 is 0 Å². The van der Waals surface area contributed by atoms with E-state index in [2.05, 4.69) is 25.7 Å². The molecule has 0 spiro atoms. The number of carbonyl (C=O) groups is 1. The topological polar surface area (TPSA) is 140 Å². The van der Waals surface area contributed by atoms with Crippen molar-refractivity contribution in [3.63, 3.8) is 0 Å². The van der Waals surface area contributed by atoms with Gasteiger partial charge in [-0.05, 0) is 105 Å². The molecule has 0 radical (unpaired) electrons. The zero-order valence-electron chi connectivity index (χ0n) is 25.6. The van der Waals surface area contributed by atoms with Gasteiger partial charge >= 0.3 is 0 Å². The van der Waals surface area contributed by atoms with Crippen LogP contribution >= 0.6 is 0 Å². The Bertz CT molecular complexity index is 1040. The molecule has 0 amide bonds. The highest BCUT2D eigenvalue weighted by Gasteiger charge is 2.64. The standard InChI is InChI=1S/C33H53NO8/c1-16-4-7-27-33(3,40)22-6-5-18-19(21(22)14-34(27)13-16)11-23-20(18)12-25(36)24-10-17(8-9-32(23,24)2)41-31-30(39)29(38)28(37)26(15-35)42-31/h16-24,26-31,35,37-40H,4-15H2,1-3H3/t16-,17+,18-,19-,20+,21+,22+,23-,24-,26+,27+,28+,29-,30+,31+,32+,33+/m1/s1. The molecule has 17 atom stereocenters. The second-order valence-corrected chi connectivity index (χ2v) is 16.0. The number of ether oxygens (including phenoxy) is 2. The molecule has 0 aromatic heterocycles. The molecule has 0 aromatic carbocycles. The van der Waals surface area contributed by atoms with Crippen molar-refractivity contribution < 1.29 is 39.8 Å². The number of rotatable bonds is 3. The predicted molar refractivity (Wildman–Crippen MR) is 153 cm³/mol. The molecule has 7 fully saturated rings. The fourth-order valence-corrected chi connectivity index (χ4v) is 11.8. The summed E-state index contributed by atoms with van der Waals surface area (Å²) >= 11 is 0. The smallest absolute Gasteiger partial charge is 0.186 e. The van der Waals surface area contributed by atoms with Crippen molar-refractivity contribution in [1.82, 2.24) is 4.90 Å². The van der Waals surface area contributed by atoms with Gasteiger partial charge in [-0.15, -0.1) is 0 Å². The molecule has 0 unspecified atom stereocenters. The number of nitrogens with zero attached hydrogens (tertiary/aromatic N) is 1. The Morgan fingerprint density at radius 3 is 2.45 bits per heavy atom. The minimum Gasteiger partial charge on any atom is -0.394 e. The highest BCUT2D eigenvalue weighted by atomic mass is 16.7. The van der Waals surface area contributed by atoms with Gasteiger partial charge in [0.25, 0.3) is 0 Å². The average molecular weight is 592 g/mol. The zero-order valence-corrected chi connectivity index (χ0v) is 25.6. The van der Waals surface area contributed by atoms with E-state index in [4.69, 9.17) is 9.47 Å². The average Bonchev–Trinajstić information content (AvgIpc) is 3.33. The molecule has 3 saturated heterocycles. The highest BCUT2D eigenvalue weighted by Crippen LogP contribution is 2.66. The van der Waals surface area contributed by atoms with Gasteiger partial charge in [-0.25, -0.2) is 0 Å². The van der Waals surface area contributed by atoms with E-state index >= 15 is 0 Å². The van der Waals surface area contributed by atoms with Gasteiger partial charge in [0.05, 0.1) is 18.3 Å². The number of piperidine rings is 2. The van der Waals surface area contributed by atoms with Crippen molar-refractivity contribution in [1.29, 1.82) is 0 Å². The molecular weight excluding hydrogens is 538 g/mol. The number of fused-ring (bicyclic) bond motifs is 8. The van der Waals surface area contributed by atoms with Crippen molar-refractivity contribution in [2.45, 2.75) is 127 Å². The highest BCUT2D eigenvalue weighted by molar-refractivity contribution is 5.83. The van der Waals surface area contributed by atoms with Gasteiger partial charge in [0.1, 0.15) is 30.2 Å². The van der Waals surface area contributed by atoms with E-state index in [0.717, 1.165) is 51.6 Å². The molecule has 9 heteroatoms. The molecule has 7 aliphatic rings. The number of ketones is 1. The second kappa shape index (κ2) is 10.7. The molecule has 3 heterocycles. The first-order valence-electron chi connectivity index (χ1n) is 16.9. The van der Waals surface area contributed by atoms with E-state index in [0.29, 0.717) is 60.1 Å². The first-order chi connectivity index (χ1) is 19.9. The number of aliphatic hydroxyl groups is 5. The molecule has 4 aliphatic carbocycles. The maximum atomic E-state index is 13.9. The van der Waals surface area contributed by atoms with Crippen LogP contribution in [-0.4, -0.2) is 104 Å². The summed E-state index contributed by atoms with van der Waals surface area (Å²) in [6.07, 6.45) is 1.67. The summed E-state index contributed by atoms with van der Waals surface area (Å²) in [5.74, 6) is 3.79. The zero-order chi connectivity index (χ0) is 29.7. The van der Waals surface area contributed by atoms with Gasteiger partial charge in [0.15, 0.2) is 6.29 Å². The number of hydrogen-bond donors (Lipinski definition) is 5. The van der Waals surface area contributed by atoms with Crippen LogP contribution in [-0.2, 0) is 14.3 Å². The Hall–Kier alpha value is -0.650. The number of carbonyl (C=O) groups excluding carboxylic acids is 1. The second-order valence-electron chi connectivity index (χ2n) is 16.0. The third-order valence-electron chi connectivity index (χ3n) is 14.0. The summed E-state index contributed by atoms with van der Waals surface area (Å²) in [6.45, 7) is 8.49. The summed E-state index contributed by atoms with van der Waals surface area (Å²) in [5, 5.41) is 52.4. The maximum absolute atomic E-state index is 13.9. The van der Waals surface area contributed by atoms with Crippen LogP contribution in [0.1, 0.15) is 78.6 Å². The van der Waals surface area contributed by atoms with Crippen LogP contribution in [0.3, 0.4) is 0 Å². The van der Waals surface area contributed by atoms with Crippen molar-refractivity contribution in [2.24, 2.45) is 52.8 Å². The van der Waals surface area contributed by atoms with Crippen LogP contribution in [0.15, 0.2) is 0 Å². The SMILES string of the molecule is C[C@@H]1CC[C@@H]2N(C1)C[C@H]1[C@@H]3C[C@@H]4[C@@H](CC(=O)[C@H]5C[C@@H](O[C@H]6O[C@@H](CO)[C@H](O)[C@@H](O)[C@@H]6O)CC[C@]54C)[C@@H]3CC[C@@H]1[C@]2(C)O. The molecular formula is C33H53NO8. The summed E-state index contributed by atoms with van der Waals surface area (Å²) in [6, 6.07) is 0.276. The van der Waals surface area contributed by atoms with Gasteiger partial charge < -0.3 is 35.0 Å². The van der Waals surface area contributed by atoms with Gasteiger partial charge in [0.2, 0.25) is 0 Å². The summed E-state index contributed by atoms with van der Waals surface area (Å²) < 4.78 is 11.8. The Kier molecular flexibility index (Phi) is 7.66. The first kappa shape index (κ1) is 30.0. The Morgan fingerprint density at radius 1 is 0.905 bits per heavy atom. The normalized spacial score (nSPS) is 57.9. The van der Waals surface area contributed by atoms with Crippen LogP contribution in [0.25, 0.3) is 0 Å². The van der Waals surface area contributed by atoms with E-state index in [1.165, 1.54) is 6.42 Å². The van der Waals surface area contributed by atoms with Crippen molar-refractivity contribution in [3.8, 4) is 0 Å². The number of aliphatic hydroxyl groups excluding tert-OH is 4. The summed E-state index contributed by atoms with van der Waals surface area (Å²) in [5.41, 5.74) is -0.745. The van der Waals surface area contributed by atoms with E-state index in [1.807, 2.05) is 0 Å². The lowest BCUT2D eigenvalue weighted by Gasteiger charge is -2.59. The minimum atomic E-state index is -1.47. The molecule has 4 saturated carbocycles. The lowest BCUT2D eigenvalue weighted by molar-refractivity contribution is -0.315. The van der Waals surface area contributed by atoms with Crippen LogP contribution in [0, 0.1) is 52.8 Å². The Labute approximate surface area is 249 Å². The van der Waals surface area contributed by atoms with E-state index in [-0.39, 0.29) is 23.5 Å². The first-order valence-corrected chi connectivity index (χ1v) is 16.9. The molecule has 0 aromatic rings. The monoisotopic (exact) mass is 591 g/mol. The van der Waals surface area contributed by atoms with Crippen LogP contribution in [0.5, 0.6) is 0 Å². The molecule has 7 rings (SSSR count). The van der Waals surface area contributed by atoms with Crippen LogP contribution in [0.2, 0.25) is 0 Å². The Balaban J connectivity index is 1.07. The number of Topliss-reactive ketones (excluding diaryl/α,β-unsaturated/α-hetero) is 1. The van der Waals surface area contributed by atoms with Gasteiger partial charge in [-0.1, -0.05) is 13.8 Å². The quantitative estimate of drug-likeness (QED) is 0.310. The van der Waals surface area contributed by atoms with Gasteiger partial charge in [-0.3, -0.25) is 9.69 Å². The number of hydrogen-bond acceptors (Lipinski definition) is 9. The molecule has 42 heavy (non-hydrogen) atoms. The summed E-state index contributed by atoms with van der Waals surface area (Å²) in [7, 11) is 0. The van der Waals surface area contributed by atoms with Gasteiger partial charge in [0, 0.05) is 31.5 Å². The lowest BCUT2D eigenvalue weighted by atomic mass is 9.51. The van der Waals surface area contributed by atoms with E-state index in [1.54, 1.807) is 0 Å². The van der Waals surface area contributed by atoms with Crippen molar-refractivity contribution in [2.75, 3.05) is 19.7 Å². The molecule has 3 aliphatic heterocycles. The largest absolute Gasteiger partial charge is 0.394 e. The van der Waals surface area contributed by atoms with Crippen molar-refractivity contribution in [3.05, 3.63) is 0 Å². The van der Waals surface area contributed by atoms with E-state index < -0.39 is 42.9 Å².